The smallest absolute Gasteiger partial charge is 0.271 e. The van der Waals surface area contributed by atoms with Gasteiger partial charge in [0, 0.05) is 49.9 Å². The second-order valence-electron chi connectivity index (χ2n) is 6.64. The fourth-order valence-corrected chi connectivity index (χ4v) is 3.27. The lowest BCUT2D eigenvalue weighted by Crippen LogP contribution is -2.28. The first-order valence-corrected chi connectivity index (χ1v) is 8.68. The van der Waals surface area contributed by atoms with E-state index < -0.39 is 6.10 Å². The average Bonchev–Trinajstić information content (AvgIpc) is 3.37. The van der Waals surface area contributed by atoms with Crippen molar-refractivity contribution in [2.24, 2.45) is 12.2 Å². The molecule has 2 aromatic heterocycles. The first-order chi connectivity index (χ1) is 12.6. The molecule has 4 rings (SSSR count). The van der Waals surface area contributed by atoms with Crippen molar-refractivity contribution in [3.63, 3.8) is 0 Å². The van der Waals surface area contributed by atoms with Crippen LogP contribution in [-0.2, 0) is 21.4 Å². The summed E-state index contributed by atoms with van der Waals surface area (Å²) in [5.41, 5.74) is 3.30. The van der Waals surface area contributed by atoms with Gasteiger partial charge in [0.05, 0.1) is 17.6 Å². The summed E-state index contributed by atoms with van der Waals surface area (Å²) in [6.07, 6.45) is 5.05. The molecule has 1 amide bonds. The zero-order valence-corrected chi connectivity index (χ0v) is 14.8. The van der Waals surface area contributed by atoms with E-state index in [2.05, 4.69) is 20.7 Å². The van der Waals surface area contributed by atoms with E-state index in [0.717, 1.165) is 42.9 Å². The predicted molar refractivity (Wildman–Crippen MR) is 91.9 cm³/mol. The number of amides is 1. The van der Waals surface area contributed by atoms with Gasteiger partial charge in [-0.3, -0.25) is 14.8 Å². The molecule has 1 N–H and O–H groups in total. The Kier molecular flexibility index (Phi) is 4.46. The molecule has 1 atom stereocenters. The van der Waals surface area contributed by atoms with Crippen LogP contribution in [0.15, 0.2) is 22.1 Å². The van der Waals surface area contributed by atoms with E-state index in [1.165, 1.54) is 0 Å². The van der Waals surface area contributed by atoms with Crippen molar-refractivity contribution in [2.75, 3.05) is 18.5 Å². The summed E-state index contributed by atoms with van der Waals surface area (Å²) in [6, 6.07) is 0. The molecule has 2 aliphatic heterocycles. The number of aryl methyl sites for hydroxylation is 1. The van der Waals surface area contributed by atoms with Gasteiger partial charge >= 0.3 is 0 Å². The third-order valence-electron chi connectivity index (χ3n) is 4.80. The Morgan fingerprint density at radius 3 is 2.88 bits per heavy atom. The maximum absolute atomic E-state index is 12.5. The van der Waals surface area contributed by atoms with E-state index in [4.69, 9.17) is 14.1 Å². The van der Waals surface area contributed by atoms with Crippen molar-refractivity contribution in [1.29, 1.82) is 0 Å². The molecule has 1 unspecified atom stereocenters. The minimum absolute atomic E-state index is 0.301. The van der Waals surface area contributed by atoms with E-state index in [1.807, 2.05) is 20.2 Å². The normalized spacial score (nSPS) is 20.7. The predicted octanol–water partition coefficient (Wildman–Crippen LogP) is 1.74. The largest absolute Gasteiger partial charge is 0.382 e. The number of aromatic nitrogens is 3. The van der Waals surface area contributed by atoms with Gasteiger partial charge in [0.2, 0.25) is 12.0 Å². The molecular formula is C17H21N5O4. The number of hydrogen-bond donors (Lipinski definition) is 1. The maximum Gasteiger partial charge on any atom is 0.271 e. The molecule has 0 aromatic carbocycles. The van der Waals surface area contributed by atoms with Gasteiger partial charge in [-0.25, -0.2) is 0 Å². The van der Waals surface area contributed by atoms with Crippen LogP contribution < -0.4 is 5.32 Å². The van der Waals surface area contributed by atoms with Gasteiger partial charge in [-0.05, 0) is 19.8 Å². The lowest BCUT2D eigenvalue weighted by atomic mass is 9.94. The first kappa shape index (κ1) is 16.8. The number of nitrogens with one attached hydrogen (secondary N) is 1. The molecule has 1 saturated heterocycles. The number of carbonyl (C=O) groups excluding carboxylic acids is 1. The number of oxime groups is 1. The fourth-order valence-electron chi connectivity index (χ4n) is 3.27. The van der Waals surface area contributed by atoms with Gasteiger partial charge in [-0.2, -0.15) is 5.10 Å². The van der Waals surface area contributed by atoms with Crippen molar-refractivity contribution < 1.29 is 18.9 Å². The quantitative estimate of drug-likeness (QED) is 0.892. The topological polar surface area (TPSA) is 104 Å². The summed E-state index contributed by atoms with van der Waals surface area (Å²) in [4.78, 5) is 17.8. The van der Waals surface area contributed by atoms with Crippen LogP contribution in [0.5, 0.6) is 0 Å². The molecule has 0 aliphatic carbocycles. The van der Waals surface area contributed by atoms with Crippen molar-refractivity contribution in [3.8, 4) is 0 Å². The van der Waals surface area contributed by atoms with Crippen LogP contribution >= 0.6 is 0 Å². The number of ether oxygens (including phenoxy) is 1. The highest BCUT2D eigenvalue weighted by Gasteiger charge is 2.31. The highest BCUT2D eigenvalue weighted by Crippen LogP contribution is 2.32. The Morgan fingerprint density at radius 2 is 2.15 bits per heavy atom. The molecule has 9 nitrogen and oxygen atoms in total. The van der Waals surface area contributed by atoms with Crippen molar-refractivity contribution in [1.82, 2.24) is 14.9 Å². The van der Waals surface area contributed by atoms with Crippen LogP contribution in [0.4, 0.5) is 5.88 Å². The molecule has 4 heterocycles. The minimum Gasteiger partial charge on any atom is -0.382 e. The minimum atomic E-state index is -0.693. The zero-order valence-electron chi connectivity index (χ0n) is 14.8. The number of anilines is 1. The molecule has 0 spiro atoms. The van der Waals surface area contributed by atoms with Crippen molar-refractivity contribution in [2.45, 2.75) is 38.2 Å². The first-order valence-electron chi connectivity index (χ1n) is 8.68. The van der Waals surface area contributed by atoms with Crippen molar-refractivity contribution in [3.05, 3.63) is 29.2 Å². The van der Waals surface area contributed by atoms with Crippen LogP contribution in [0, 0.1) is 6.92 Å². The second kappa shape index (κ2) is 6.91. The average molecular weight is 359 g/mol. The van der Waals surface area contributed by atoms with Crippen LogP contribution in [-0.4, -0.2) is 45.9 Å². The standard InChI is InChI=1S/C17H21N5O4/c1-10-15(11-3-5-24-6-4-11)21-26-17(10)19-16(23)14-7-13(20-25-14)12-8-18-22(2)9-12/h8-9,11,14H,3-7H2,1-2H3,(H,19,23). The summed E-state index contributed by atoms with van der Waals surface area (Å²) >= 11 is 0. The SMILES string of the molecule is Cc1c(C2CCOCC2)noc1NC(=O)C1CC(c2cnn(C)c2)=NO1. The van der Waals surface area contributed by atoms with Crippen LogP contribution in [0.2, 0.25) is 0 Å². The number of carbonyl (C=O) groups is 1. The van der Waals surface area contributed by atoms with Crippen LogP contribution in [0.25, 0.3) is 0 Å². The molecule has 9 heteroatoms. The summed E-state index contributed by atoms with van der Waals surface area (Å²) in [7, 11) is 1.83. The highest BCUT2D eigenvalue weighted by atomic mass is 16.6. The molecule has 2 aromatic rings. The maximum atomic E-state index is 12.5. The Bertz CT molecular complexity index is 834. The molecule has 0 bridgehead atoms. The van der Waals surface area contributed by atoms with Crippen LogP contribution in [0.1, 0.15) is 42.0 Å². The molecule has 0 saturated carbocycles. The third-order valence-corrected chi connectivity index (χ3v) is 4.80. The highest BCUT2D eigenvalue weighted by molar-refractivity contribution is 6.05. The van der Waals surface area contributed by atoms with E-state index in [-0.39, 0.29) is 5.91 Å². The van der Waals surface area contributed by atoms with Gasteiger partial charge < -0.3 is 14.1 Å². The number of rotatable bonds is 4. The van der Waals surface area contributed by atoms with E-state index in [1.54, 1.807) is 10.9 Å². The van der Waals surface area contributed by atoms with Gasteiger partial charge in [-0.1, -0.05) is 10.3 Å². The van der Waals surface area contributed by atoms with E-state index >= 15 is 0 Å². The molecule has 2 aliphatic rings. The summed E-state index contributed by atoms with van der Waals surface area (Å²) in [5, 5.41) is 15.0. The van der Waals surface area contributed by atoms with Gasteiger partial charge in [0.1, 0.15) is 0 Å². The Morgan fingerprint density at radius 1 is 1.35 bits per heavy atom. The summed E-state index contributed by atoms with van der Waals surface area (Å²) in [6.45, 7) is 3.36. The molecule has 26 heavy (non-hydrogen) atoms. The second-order valence-corrected chi connectivity index (χ2v) is 6.64. The third kappa shape index (κ3) is 3.22. The van der Waals surface area contributed by atoms with E-state index in [9.17, 15) is 4.79 Å². The monoisotopic (exact) mass is 359 g/mol. The number of nitrogens with zero attached hydrogens (tertiary/aromatic N) is 4. The van der Waals surface area contributed by atoms with Gasteiger partial charge in [-0.15, -0.1) is 0 Å². The molecular weight excluding hydrogens is 338 g/mol. The van der Waals surface area contributed by atoms with E-state index in [0.29, 0.717) is 23.9 Å². The Labute approximate surface area is 150 Å². The molecule has 138 valence electrons. The summed E-state index contributed by atoms with van der Waals surface area (Å²) in [5.74, 6) is 0.377. The summed E-state index contributed by atoms with van der Waals surface area (Å²) < 4.78 is 12.4. The van der Waals surface area contributed by atoms with Crippen molar-refractivity contribution >= 4 is 17.5 Å². The molecule has 0 radical (unpaired) electrons. The molecule has 1 fully saturated rings. The fraction of sp³-hybridized carbons (Fsp3) is 0.529. The van der Waals surface area contributed by atoms with Crippen LogP contribution in [0.3, 0.4) is 0 Å². The Balaban J connectivity index is 1.39. The van der Waals surface area contributed by atoms with Gasteiger partial charge in [0.15, 0.2) is 0 Å². The van der Waals surface area contributed by atoms with Gasteiger partial charge in [0.25, 0.3) is 5.91 Å². The Hall–Kier alpha value is -2.68. The lowest BCUT2D eigenvalue weighted by Gasteiger charge is -2.20. The lowest BCUT2D eigenvalue weighted by molar-refractivity contribution is -0.125. The zero-order chi connectivity index (χ0) is 18.1. The number of hydrogen-bond acceptors (Lipinski definition) is 7.